The van der Waals surface area contributed by atoms with E-state index in [1.165, 1.54) is 0 Å². The molecule has 0 spiro atoms. The smallest absolute Gasteiger partial charge is 0.137 e. The summed E-state index contributed by atoms with van der Waals surface area (Å²) in [6.07, 6.45) is 0.776. The van der Waals surface area contributed by atoms with Crippen molar-refractivity contribution in [2.75, 3.05) is 13.7 Å². The van der Waals surface area contributed by atoms with Crippen molar-refractivity contribution in [2.24, 2.45) is 5.73 Å². The van der Waals surface area contributed by atoms with E-state index in [2.05, 4.69) is 5.10 Å². The second kappa shape index (κ2) is 5.42. The van der Waals surface area contributed by atoms with Gasteiger partial charge in [-0.2, -0.15) is 5.10 Å². The molecule has 2 rings (SSSR count). The highest BCUT2D eigenvalue weighted by atomic mass is 35.5. The molecule has 0 unspecified atom stereocenters. The number of hydrogen-bond donors (Lipinski definition) is 1. The Balaban J connectivity index is 2.39. The van der Waals surface area contributed by atoms with Crippen molar-refractivity contribution in [3.8, 4) is 11.4 Å². The molecule has 2 aromatic rings. The number of hydrogen-bond acceptors (Lipinski definition) is 3. The molecule has 2 N–H and O–H groups in total. The van der Waals surface area contributed by atoms with Crippen LogP contribution in [0.1, 0.15) is 11.4 Å². The Morgan fingerprint density at radius 2 is 2.17 bits per heavy atom. The lowest BCUT2D eigenvalue weighted by Crippen LogP contribution is -2.04. The predicted octanol–water partition coefficient (Wildman–Crippen LogP) is 2.34. The van der Waals surface area contributed by atoms with Crippen molar-refractivity contribution < 1.29 is 4.74 Å². The van der Waals surface area contributed by atoms with Crippen LogP contribution in [0, 0.1) is 6.92 Å². The van der Waals surface area contributed by atoms with Crippen molar-refractivity contribution in [3.05, 3.63) is 40.7 Å². The minimum atomic E-state index is 0.574. The van der Waals surface area contributed by atoms with E-state index in [-0.39, 0.29) is 0 Å². The van der Waals surface area contributed by atoms with E-state index in [1.807, 2.05) is 35.9 Å². The zero-order valence-corrected chi connectivity index (χ0v) is 11.2. The standard InChI is InChI=1S/C13H16ClN3O/c1-9-7-10(5-6-15)16-17(9)11-3-4-13(18-2)12(14)8-11/h3-4,7-8H,5-6,15H2,1-2H3. The molecule has 0 amide bonds. The SMILES string of the molecule is COc1ccc(-n2nc(CCN)cc2C)cc1Cl. The Kier molecular flexibility index (Phi) is 3.89. The van der Waals surface area contributed by atoms with Gasteiger partial charge in [-0.3, -0.25) is 0 Å². The number of aryl methyl sites for hydroxylation is 1. The molecule has 18 heavy (non-hydrogen) atoms. The van der Waals surface area contributed by atoms with Gasteiger partial charge < -0.3 is 10.5 Å². The summed E-state index contributed by atoms with van der Waals surface area (Å²) >= 11 is 6.11. The number of nitrogens with zero attached hydrogens (tertiary/aromatic N) is 2. The molecule has 0 fully saturated rings. The lowest BCUT2D eigenvalue weighted by atomic mass is 10.3. The Hall–Kier alpha value is -1.52. The Labute approximate surface area is 111 Å². The van der Waals surface area contributed by atoms with Gasteiger partial charge in [0, 0.05) is 12.1 Å². The Morgan fingerprint density at radius 3 is 2.78 bits per heavy atom. The second-order valence-electron chi connectivity index (χ2n) is 4.05. The van der Waals surface area contributed by atoms with Gasteiger partial charge in [0.1, 0.15) is 5.75 Å². The van der Waals surface area contributed by atoms with Crippen molar-refractivity contribution in [3.63, 3.8) is 0 Å². The summed E-state index contributed by atoms with van der Waals surface area (Å²) in [6, 6.07) is 7.63. The van der Waals surface area contributed by atoms with E-state index >= 15 is 0 Å². The van der Waals surface area contributed by atoms with Gasteiger partial charge in [0.25, 0.3) is 0 Å². The maximum atomic E-state index is 6.11. The molecule has 0 bridgehead atoms. The molecule has 0 atom stereocenters. The number of benzene rings is 1. The molecule has 0 aliphatic rings. The van der Waals surface area contributed by atoms with Crippen LogP contribution in [0.4, 0.5) is 0 Å². The molecule has 1 aromatic carbocycles. The first-order chi connectivity index (χ1) is 8.65. The maximum Gasteiger partial charge on any atom is 0.137 e. The van der Waals surface area contributed by atoms with Crippen molar-refractivity contribution in [2.45, 2.75) is 13.3 Å². The van der Waals surface area contributed by atoms with Crippen LogP contribution in [0.25, 0.3) is 5.69 Å². The van der Waals surface area contributed by atoms with Gasteiger partial charge >= 0.3 is 0 Å². The summed E-state index contributed by atoms with van der Waals surface area (Å²) in [5.41, 5.74) is 8.49. The number of aromatic nitrogens is 2. The van der Waals surface area contributed by atoms with Crippen LogP contribution >= 0.6 is 11.6 Å². The van der Waals surface area contributed by atoms with Crippen LogP contribution in [0.15, 0.2) is 24.3 Å². The first kappa shape index (κ1) is 12.9. The minimum absolute atomic E-state index is 0.574. The molecule has 1 heterocycles. The number of nitrogens with two attached hydrogens (primary N) is 1. The number of rotatable bonds is 4. The summed E-state index contributed by atoms with van der Waals surface area (Å²) in [4.78, 5) is 0. The molecule has 0 aliphatic heterocycles. The highest BCUT2D eigenvalue weighted by Gasteiger charge is 2.08. The second-order valence-corrected chi connectivity index (χ2v) is 4.45. The molecule has 0 aliphatic carbocycles. The van der Waals surface area contributed by atoms with Crippen molar-refractivity contribution >= 4 is 11.6 Å². The number of halogens is 1. The third-order valence-corrected chi connectivity index (χ3v) is 3.01. The monoisotopic (exact) mass is 265 g/mol. The zero-order valence-electron chi connectivity index (χ0n) is 10.5. The molecule has 0 saturated heterocycles. The molecular formula is C13H16ClN3O. The fourth-order valence-corrected chi connectivity index (χ4v) is 2.11. The largest absolute Gasteiger partial charge is 0.495 e. The van der Waals surface area contributed by atoms with Gasteiger partial charge in [-0.05, 0) is 37.7 Å². The lowest BCUT2D eigenvalue weighted by molar-refractivity contribution is 0.415. The highest BCUT2D eigenvalue weighted by Crippen LogP contribution is 2.27. The van der Waals surface area contributed by atoms with E-state index < -0.39 is 0 Å². The third-order valence-electron chi connectivity index (χ3n) is 2.72. The topological polar surface area (TPSA) is 53.1 Å². The van der Waals surface area contributed by atoms with Gasteiger partial charge in [0.05, 0.1) is 23.5 Å². The van der Waals surface area contributed by atoms with Crippen molar-refractivity contribution in [1.82, 2.24) is 9.78 Å². The number of methoxy groups -OCH3 is 1. The summed E-state index contributed by atoms with van der Waals surface area (Å²) in [6.45, 7) is 2.60. The van der Waals surface area contributed by atoms with Crippen LogP contribution in [0.2, 0.25) is 5.02 Å². The Morgan fingerprint density at radius 1 is 1.39 bits per heavy atom. The average molecular weight is 266 g/mol. The van der Waals surface area contributed by atoms with Crippen LogP contribution in [-0.2, 0) is 6.42 Å². The van der Waals surface area contributed by atoms with Crippen LogP contribution in [0.3, 0.4) is 0 Å². The van der Waals surface area contributed by atoms with Gasteiger partial charge in [-0.25, -0.2) is 4.68 Å². The predicted molar refractivity (Wildman–Crippen MR) is 72.6 cm³/mol. The lowest BCUT2D eigenvalue weighted by Gasteiger charge is -2.07. The molecule has 1 aromatic heterocycles. The van der Waals surface area contributed by atoms with E-state index in [9.17, 15) is 0 Å². The van der Waals surface area contributed by atoms with E-state index in [0.29, 0.717) is 17.3 Å². The Bertz CT molecular complexity index is 551. The summed E-state index contributed by atoms with van der Waals surface area (Å²) in [5, 5.41) is 5.08. The van der Waals surface area contributed by atoms with Gasteiger partial charge in [0.2, 0.25) is 0 Å². The van der Waals surface area contributed by atoms with Crippen LogP contribution < -0.4 is 10.5 Å². The summed E-state index contributed by atoms with van der Waals surface area (Å²) < 4.78 is 6.99. The van der Waals surface area contributed by atoms with Gasteiger partial charge in [-0.15, -0.1) is 0 Å². The average Bonchev–Trinajstić information content (AvgIpc) is 2.71. The van der Waals surface area contributed by atoms with E-state index in [4.69, 9.17) is 22.1 Å². The molecule has 0 saturated carbocycles. The number of ether oxygens (including phenoxy) is 1. The quantitative estimate of drug-likeness (QED) is 0.923. The van der Waals surface area contributed by atoms with E-state index in [0.717, 1.165) is 23.5 Å². The fraction of sp³-hybridized carbons (Fsp3) is 0.308. The van der Waals surface area contributed by atoms with Crippen LogP contribution in [-0.4, -0.2) is 23.4 Å². The molecule has 4 nitrogen and oxygen atoms in total. The first-order valence-corrected chi connectivity index (χ1v) is 6.13. The highest BCUT2D eigenvalue weighted by molar-refractivity contribution is 6.32. The van der Waals surface area contributed by atoms with Gasteiger partial charge in [0.15, 0.2) is 0 Å². The molecular weight excluding hydrogens is 250 g/mol. The molecule has 5 heteroatoms. The molecule has 0 radical (unpaired) electrons. The first-order valence-electron chi connectivity index (χ1n) is 5.75. The van der Waals surface area contributed by atoms with E-state index in [1.54, 1.807) is 7.11 Å². The maximum absolute atomic E-state index is 6.11. The minimum Gasteiger partial charge on any atom is -0.495 e. The van der Waals surface area contributed by atoms with Crippen LogP contribution in [0.5, 0.6) is 5.75 Å². The fourth-order valence-electron chi connectivity index (χ4n) is 1.86. The summed E-state index contributed by atoms with van der Waals surface area (Å²) in [7, 11) is 1.60. The zero-order chi connectivity index (χ0) is 13.1. The molecule has 96 valence electrons. The normalized spacial score (nSPS) is 10.7. The summed E-state index contributed by atoms with van der Waals surface area (Å²) in [5.74, 6) is 0.660. The van der Waals surface area contributed by atoms with Gasteiger partial charge in [-0.1, -0.05) is 11.6 Å². The third kappa shape index (κ3) is 2.49. The van der Waals surface area contributed by atoms with Crippen molar-refractivity contribution in [1.29, 1.82) is 0 Å².